The summed E-state index contributed by atoms with van der Waals surface area (Å²) in [5, 5.41) is 10.5. The van der Waals surface area contributed by atoms with Crippen LogP contribution in [0.2, 0.25) is 0 Å². The number of hydrogen-bond donors (Lipinski definition) is 1. The summed E-state index contributed by atoms with van der Waals surface area (Å²) in [5.74, 6) is 0. The number of ether oxygens (including phenoxy) is 2. The van der Waals surface area contributed by atoms with Crippen LogP contribution < -0.4 is 0 Å². The summed E-state index contributed by atoms with van der Waals surface area (Å²) >= 11 is 0. The number of allylic oxidation sites excluding steroid dienone is 1. The Labute approximate surface area is 121 Å². The van der Waals surface area contributed by atoms with Crippen molar-refractivity contribution in [2.75, 3.05) is 6.79 Å². The minimum absolute atomic E-state index is 0.128. The molecule has 0 bridgehead atoms. The van der Waals surface area contributed by atoms with E-state index in [9.17, 15) is 5.11 Å². The van der Waals surface area contributed by atoms with Crippen molar-refractivity contribution in [2.24, 2.45) is 0 Å². The lowest BCUT2D eigenvalue weighted by molar-refractivity contribution is -0.134. The predicted octanol–water partition coefficient (Wildman–Crippen LogP) is 3.45. The van der Waals surface area contributed by atoms with E-state index in [1.54, 1.807) is 6.92 Å². The van der Waals surface area contributed by atoms with Crippen LogP contribution in [0.25, 0.3) is 0 Å². The number of rotatable bonds is 8. The number of hydrogen-bond acceptors (Lipinski definition) is 3. The molecule has 1 aromatic carbocycles. The van der Waals surface area contributed by atoms with Crippen LogP contribution in [0.1, 0.15) is 26.3 Å². The van der Waals surface area contributed by atoms with Gasteiger partial charge < -0.3 is 14.6 Å². The Morgan fingerprint density at radius 2 is 2.05 bits per heavy atom. The zero-order valence-electron chi connectivity index (χ0n) is 12.5. The lowest BCUT2D eigenvalue weighted by atomic mass is 9.89. The highest BCUT2D eigenvalue weighted by atomic mass is 16.7. The largest absolute Gasteiger partial charge is 0.379 e. The van der Waals surface area contributed by atoms with Gasteiger partial charge in [0.15, 0.2) is 0 Å². The molecule has 0 aliphatic rings. The minimum Gasteiger partial charge on any atom is -0.379 e. The second-order valence-electron chi connectivity index (χ2n) is 4.76. The van der Waals surface area contributed by atoms with Crippen molar-refractivity contribution < 1.29 is 14.6 Å². The van der Waals surface area contributed by atoms with E-state index in [4.69, 9.17) is 9.47 Å². The number of aliphatic hydroxyl groups is 1. The summed E-state index contributed by atoms with van der Waals surface area (Å²) in [4.78, 5) is 0. The van der Waals surface area contributed by atoms with Crippen molar-refractivity contribution >= 4 is 0 Å². The van der Waals surface area contributed by atoms with E-state index < -0.39 is 11.7 Å². The Morgan fingerprint density at radius 1 is 1.40 bits per heavy atom. The monoisotopic (exact) mass is 276 g/mol. The summed E-state index contributed by atoms with van der Waals surface area (Å²) in [7, 11) is 0. The molecular weight excluding hydrogens is 252 g/mol. The molecule has 0 aromatic heterocycles. The van der Waals surface area contributed by atoms with Gasteiger partial charge in [-0.2, -0.15) is 0 Å². The Morgan fingerprint density at radius 3 is 2.60 bits per heavy atom. The van der Waals surface area contributed by atoms with E-state index in [-0.39, 0.29) is 6.79 Å². The summed E-state index contributed by atoms with van der Waals surface area (Å²) < 4.78 is 11.0. The van der Waals surface area contributed by atoms with Gasteiger partial charge in [-0.3, -0.25) is 0 Å². The Balaban J connectivity index is 2.43. The molecule has 20 heavy (non-hydrogen) atoms. The minimum atomic E-state index is -1.16. The third-order valence-electron chi connectivity index (χ3n) is 3.51. The van der Waals surface area contributed by atoms with E-state index in [1.807, 2.05) is 50.3 Å². The van der Waals surface area contributed by atoms with E-state index in [0.717, 1.165) is 11.1 Å². The van der Waals surface area contributed by atoms with Crippen LogP contribution >= 0.6 is 0 Å². The van der Waals surface area contributed by atoms with Crippen LogP contribution in [-0.4, -0.2) is 23.6 Å². The van der Waals surface area contributed by atoms with E-state index in [0.29, 0.717) is 6.61 Å². The highest BCUT2D eigenvalue weighted by Crippen LogP contribution is 2.24. The van der Waals surface area contributed by atoms with E-state index in [2.05, 4.69) is 6.58 Å². The molecule has 0 saturated carbocycles. The van der Waals surface area contributed by atoms with Gasteiger partial charge in [0.2, 0.25) is 0 Å². The fourth-order valence-electron chi connectivity index (χ4n) is 1.89. The Hall–Kier alpha value is -1.42. The van der Waals surface area contributed by atoms with Gasteiger partial charge in [0, 0.05) is 0 Å². The highest BCUT2D eigenvalue weighted by molar-refractivity contribution is 5.23. The van der Waals surface area contributed by atoms with Gasteiger partial charge in [0.1, 0.15) is 12.4 Å². The van der Waals surface area contributed by atoms with Crippen LogP contribution in [0.3, 0.4) is 0 Å². The highest BCUT2D eigenvalue weighted by Gasteiger charge is 2.32. The second-order valence-corrected chi connectivity index (χ2v) is 4.76. The number of benzene rings is 1. The maximum atomic E-state index is 10.5. The Kier molecular flexibility index (Phi) is 6.65. The molecule has 0 unspecified atom stereocenters. The average molecular weight is 276 g/mol. The fraction of sp³-hybridized carbons (Fsp3) is 0.412. The van der Waals surface area contributed by atoms with Gasteiger partial charge in [-0.25, -0.2) is 0 Å². The molecule has 2 atom stereocenters. The molecule has 0 spiro atoms. The van der Waals surface area contributed by atoms with Crippen molar-refractivity contribution in [2.45, 2.75) is 39.1 Å². The van der Waals surface area contributed by atoms with E-state index in [1.165, 1.54) is 6.08 Å². The zero-order valence-corrected chi connectivity index (χ0v) is 12.5. The zero-order chi connectivity index (χ0) is 15.0. The molecule has 110 valence electrons. The standard InChI is InChI=1S/C17H24O3/c1-5-14(3)17(18,6-2)15(4)20-13-19-12-16-10-8-7-9-11-16/h5-11,15,18H,2,12-13H2,1,3-4H3/b14-5+/t15-,17+/m0/s1. The lowest BCUT2D eigenvalue weighted by Crippen LogP contribution is -2.41. The van der Waals surface area contributed by atoms with Crippen molar-refractivity contribution in [3.8, 4) is 0 Å². The summed E-state index contributed by atoms with van der Waals surface area (Å²) in [6, 6.07) is 9.88. The first-order chi connectivity index (χ1) is 9.54. The quantitative estimate of drug-likeness (QED) is 0.449. The van der Waals surface area contributed by atoms with Crippen molar-refractivity contribution in [3.05, 3.63) is 60.2 Å². The summed E-state index contributed by atoms with van der Waals surface area (Å²) in [6.45, 7) is 9.84. The van der Waals surface area contributed by atoms with Crippen LogP contribution in [-0.2, 0) is 16.1 Å². The molecule has 0 aliphatic heterocycles. The van der Waals surface area contributed by atoms with Crippen LogP contribution in [0, 0.1) is 0 Å². The smallest absolute Gasteiger partial charge is 0.147 e. The molecule has 0 saturated heterocycles. The molecular formula is C17H24O3. The van der Waals surface area contributed by atoms with Gasteiger partial charge >= 0.3 is 0 Å². The maximum Gasteiger partial charge on any atom is 0.147 e. The van der Waals surface area contributed by atoms with Gasteiger partial charge in [-0.05, 0) is 31.9 Å². The molecule has 0 fully saturated rings. The second kappa shape index (κ2) is 8.00. The van der Waals surface area contributed by atoms with Crippen molar-refractivity contribution in [3.63, 3.8) is 0 Å². The first kappa shape index (κ1) is 16.6. The molecule has 1 N–H and O–H groups in total. The molecule has 1 rings (SSSR count). The molecule has 0 amide bonds. The summed E-state index contributed by atoms with van der Waals surface area (Å²) in [6.07, 6.45) is 2.93. The van der Waals surface area contributed by atoms with Gasteiger partial charge in [0.25, 0.3) is 0 Å². The van der Waals surface area contributed by atoms with Crippen molar-refractivity contribution in [1.29, 1.82) is 0 Å². The Bertz CT molecular complexity index is 439. The van der Waals surface area contributed by atoms with E-state index >= 15 is 0 Å². The molecule has 1 aromatic rings. The van der Waals surface area contributed by atoms with Crippen LogP contribution in [0.15, 0.2) is 54.6 Å². The van der Waals surface area contributed by atoms with Crippen LogP contribution in [0.4, 0.5) is 0 Å². The lowest BCUT2D eigenvalue weighted by Gasteiger charge is -2.32. The first-order valence-electron chi connectivity index (χ1n) is 6.77. The molecule has 3 heteroatoms. The average Bonchev–Trinajstić information content (AvgIpc) is 2.50. The molecule has 3 nitrogen and oxygen atoms in total. The molecule has 0 aliphatic carbocycles. The predicted molar refractivity (Wildman–Crippen MR) is 81.2 cm³/mol. The summed E-state index contributed by atoms with van der Waals surface area (Å²) in [5.41, 5.74) is 0.737. The van der Waals surface area contributed by atoms with Gasteiger partial charge in [-0.15, -0.1) is 0 Å². The fourth-order valence-corrected chi connectivity index (χ4v) is 1.89. The van der Waals surface area contributed by atoms with Crippen LogP contribution in [0.5, 0.6) is 0 Å². The maximum absolute atomic E-state index is 10.5. The SMILES string of the molecule is C=C[C@@](O)(/C(C)=C/C)[C@H](C)OCOCc1ccccc1. The van der Waals surface area contributed by atoms with Crippen molar-refractivity contribution in [1.82, 2.24) is 0 Å². The third kappa shape index (κ3) is 4.30. The normalized spacial score (nSPS) is 16.5. The molecule has 0 heterocycles. The van der Waals surface area contributed by atoms with Gasteiger partial charge in [0.05, 0.1) is 12.7 Å². The molecule has 0 radical (unpaired) electrons. The topological polar surface area (TPSA) is 38.7 Å². The third-order valence-corrected chi connectivity index (χ3v) is 3.51. The first-order valence-corrected chi connectivity index (χ1v) is 6.77. The van der Waals surface area contributed by atoms with Gasteiger partial charge in [-0.1, -0.05) is 49.1 Å².